The Balaban J connectivity index is 1.50. The molecule has 2 aromatic rings. The number of benzene rings is 1. The van der Waals surface area contributed by atoms with Crippen molar-refractivity contribution >= 4 is 0 Å². The van der Waals surface area contributed by atoms with Crippen molar-refractivity contribution in [2.45, 2.75) is 38.4 Å². The zero-order chi connectivity index (χ0) is 14.1. The lowest BCUT2D eigenvalue weighted by Crippen LogP contribution is -2.25. The van der Waals surface area contributed by atoms with Gasteiger partial charge >= 0.3 is 0 Å². The van der Waals surface area contributed by atoms with E-state index in [1.165, 1.54) is 29.5 Å². The molecule has 0 radical (unpaired) electrons. The van der Waals surface area contributed by atoms with E-state index in [2.05, 4.69) is 34.1 Å². The molecule has 0 amide bonds. The standard InChI is InChI=1S/C18H20N2O/c1-2-15(11-19-8-1)13-20(17-4-5-17)12-14-3-6-18-16(10-14)7-9-21-18/h1-3,6,8,10-11,17H,4-5,7,9,12-13H2. The summed E-state index contributed by atoms with van der Waals surface area (Å²) < 4.78 is 5.59. The Morgan fingerprint density at radius 3 is 2.86 bits per heavy atom. The molecule has 2 heterocycles. The Labute approximate surface area is 125 Å². The average Bonchev–Trinajstić information content (AvgIpc) is 3.26. The van der Waals surface area contributed by atoms with Gasteiger partial charge in [0.1, 0.15) is 5.75 Å². The van der Waals surface area contributed by atoms with Crippen molar-refractivity contribution in [1.29, 1.82) is 0 Å². The quantitative estimate of drug-likeness (QED) is 0.841. The van der Waals surface area contributed by atoms with Crippen LogP contribution in [0.2, 0.25) is 0 Å². The SMILES string of the molecule is c1cncc(CN(Cc2ccc3c(c2)CCO3)C2CC2)c1. The van der Waals surface area contributed by atoms with Crippen molar-refractivity contribution in [2.24, 2.45) is 0 Å². The lowest BCUT2D eigenvalue weighted by Gasteiger charge is -2.22. The lowest BCUT2D eigenvalue weighted by atomic mass is 10.1. The van der Waals surface area contributed by atoms with Crippen molar-refractivity contribution < 1.29 is 4.74 Å². The molecule has 3 nitrogen and oxygen atoms in total. The molecule has 2 aliphatic rings. The number of fused-ring (bicyclic) bond motifs is 1. The topological polar surface area (TPSA) is 25.4 Å². The van der Waals surface area contributed by atoms with Crippen LogP contribution in [0.3, 0.4) is 0 Å². The van der Waals surface area contributed by atoms with Crippen molar-refractivity contribution in [3.63, 3.8) is 0 Å². The van der Waals surface area contributed by atoms with E-state index >= 15 is 0 Å². The van der Waals surface area contributed by atoms with Gasteiger partial charge in [-0.2, -0.15) is 0 Å². The summed E-state index contributed by atoms with van der Waals surface area (Å²) in [6.45, 7) is 2.85. The molecule has 3 heteroatoms. The van der Waals surface area contributed by atoms with Gasteiger partial charge in [-0.3, -0.25) is 9.88 Å². The Morgan fingerprint density at radius 1 is 1.14 bits per heavy atom. The Hall–Kier alpha value is -1.87. The van der Waals surface area contributed by atoms with Crippen LogP contribution in [-0.4, -0.2) is 22.5 Å². The van der Waals surface area contributed by atoms with E-state index < -0.39 is 0 Å². The molecule has 1 aromatic carbocycles. The lowest BCUT2D eigenvalue weighted by molar-refractivity contribution is 0.245. The van der Waals surface area contributed by atoms with Crippen molar-refractivity contribution in [2.75, 3.05) is 6.61 Å². The van der Waals surface area contributed by atoms with Crippen LogP contribution < -0.4 is 4.74 Å². The Morgan fingerprint density at radius 2 is 2.05 bits per heavy atom. The second kappa shape index (κ2) is 5.49. The minimum absolute atomic E-state index is 0.745. The first-order valence-electron chi connectivity index (χ1n) is 7.76. The largest absolute Gasteiger partial charge is 0.493 e. The van der Waals surface area contributed by atoms with Gasteiger partial charge in [-0.15, -0.1) is 0 Å². The molecule has 0 N–H and O–H groups in total. The molecule has 0 atom stereocenters. The summed E-state index contributed by atoms with van der Waals surface area (Å²) in [4.78, 5) is 6.81. The van der Waals surface area contributed by atoms with Gasteiger partial charge in [0.25, 0.3) is 0 Å². The molecular weight excluding hydrogens is 260 g/mol. The summed E-state index contributed by atoms with van der Waals surface area (Å²) in [6.07, 6.45) is 7.52. The molecule has 0 saturated heterocycles. The van der Waals surface area contributed by atoms with Gasteiger partial charge in [0.05, 0.1) is 6.61 Å². The first kappa shape index (κ1) is 12.8. The van der Waals surface area contributed by atoms with Gasteiger partial charge in [0.2, 0.25) is 0 Å². The highest BCUT2D eigenvalue weighted by Gasteiger charge is 2.29. The number of aromatic nitrogens is 1. The Bertz CT molecular complexity index is 622. The normalized spacial score (nSPS) is 16.8. The van der Waals surface area contributed by atoms with Crippen LogP contribution in [0.15, 0.2) is 42.7 Å². The highest BCUT2D eigenvalue weighted by atomic mass is 16.5. The van der Waals surface area contributed by atoms with E-state index in [-0.39, 0.29) is 0 Å². The summed E-state index contributed by atoms with van der Waals surface area (Å²) in [5.41, 5.74) is 4.06. The van der Waals surface area contributed by atoms with Crippen LogP contribution in [-0.2, 0) is 19.5 Å². The van der Waals surface area contributed by atoms with Gasteiger partial charge in [0, 0.05) is 37.9 Å². The molecule has 4 rings (SSSR count). The van der Waals surface area contributed by atoms with E-state index in [0.717, 1.165) is 37.9 Å². The summed E-state index contributed by atoms with van der Waals surface area (Å²) in [6, 6.07) is 11.6. The van der Waals surface area contributed by atoms with Crippen LogP contribution in [0, 0.1) is 0 Å². The van der Waals surface area contributed by atoms with Crippen molar-refractivity contribution in [3.05, 3.63) is 59.4 Å². The van der Waals surface area contributed by atoms with E-state index in [4.69, 9.17) is 4.74 Å². The second-order valence-corrected chi connectivity index (χ2v) is 6.04. The minimum Gasteiger partial charge on any atom is -0.493 e. The maximum absolute atomic E-state index is 5.59. The third kappa shape index (κ3) is 2.93. The van der Waals surface area contributed by atoms with E-state index in [9.17, 15) is 0 Å². The van der Waals surface area contributed by atoms with Crippen LogP contribution in [0.4, 0.5) is 0 Å². The average molecular weight is 280 g/mol. The molecule has 0 bridgehead atoms. The second-order valence-electron chi connectivity index (χ2n) is 6.04. The maximum Gasteiger partial charge on any atom is 0.122 e. The van der Waals surface area contributed by atoms with Gasteiger partial charge < -0.3 is 4.74 Å². The van der Waals surface area contributed by atoms with Crippen LogP contribution in [0.5, 0.6) is 5.75 Å². The maximum atomic E-state index is 5.59. The number of rotatable bonds is 5. The molecule has 1 aliphatic heterocycles. The minimum atomic E-state index is 0.745. The summed E-state index contributed by atoms with van der Waals surface area (Å²) >= 11 is 0. The van der Waals surface area contributed by atoms with Gasteiger partial charge in [-0.25, -0.2) is 0 Å². The molecule has 1 aliphatic carbocycles. The molecule has 108 valence electrons. The predicted molar refractivity (Wildman–Crippen MR) is 82.1 cm³/mol. The highest BCUT2D eigenvalue weighted by molar-refractivity contribution is 5.39. The number of pyridine rings is 1. The highest BCUT2D eigenvalue weighted by Crippen LogP contribution is 2.31. The Kier molecular flexibility index (Phi) is 3.36. The third-order valence-corrected chi connectivity index (χ3v) is 4.31. The number of nitrogens with zero attached hydrogens (tertiary/aromatic N) is 2. The molecule has 1 fully saturated rings. The first-order valence-corrected chi connectivity index (χ1v) is 7.76. The van der Waals surface area contributed by atoms with E-state index in [1.54, 1.807) is 0 Å². The fourth-order valence-electron chi connectivity index (χ4n) is 3.05. The zero-order valence-electron chi connectivity index (χ0n) is 12.2. The molecule has 0 spiro atoms. The monoisotopic (exact) mass is 280 g/mol. The van der Waals surface area contributed by atoms with E-state index in [0.29, 0.717) is 0 Å². The van der Waals surface area contributed by atoms with Crippen LogP contribution in [0.1, 0.15) is 29.5 Å². The number of hydrogen-bond acceptors (Lipinski definition) is 3. The number of hydrogen-bond donors (Lipinski definition) is 0. The zero-order valence-corrected chi connectivity index (χ0v) is 12.2. The van der Waals surface area contributed by atoms with Crippen LogP contribution >= 0.6 is 0 Å². The van der Waals surface area contributed by atoms with Crippen LogP contribution in [0.25, 0.3) is 0 Å². The molecule has 1 aromatic heterocycles. The van der Waals surface area contributed by atoms with Gasteiger partial charge in [0.15, 0.2) is 0 Å². The molecule has 21 heavy (non-hydrogen) atoms. The molecular formula is C18H20N2O. The van der Waals surface area contributed by atoms with Gasteiger partial charge in [-0.1, -0.05) is 18.2 Å². The summed E-state index contributed by atoms with van der Waals surface area (Å²) in [5.74, 6) is 1.07. The smallest absolute Gasteiger partial charge is 0.122 e. The summed E-state index contributed by atoms with van der Waals surface area (Å²) in [7, 11) is 0. The van der Waals surface area contributed by atoms with E-state index in [1.807, 2.05) is 18.5 Å². The first-order chi connectivity index (χ1) is 10.4. The third-order valence-electron chi connectivity index (χ3n) is 4.31. The number of ether oxygens (including phenoxy) is 1. The molecule has 1 saturated carbocycles. The summed E-state index contributed by atoms with van der Waals surface area (Å²) in [5, 5.41) is 0. The van der Waals surface area contributed by atoms with Crippen molar-refractivity contribution in [3.8, 4) is 5.75 Å². The van der Waals surface area contributed by atoms with Gasteiger partial charge in [-0.05, 0) is 41.7 Å². The molecule has 0 unspecified atom stereocenters. The predicted octanol–water partition coefficient (Wildman–Crippen LogP) is 3.18. The fourth-order valence-corrected chi connectivity index (χ4v) is 3.05. The fraction of sp³-hybridized carbons (Fsp3) is 0.389. The van der Waals surface area contributed by atoms with Crippen molar-refractivity contribution in [1.82, 2.24) is 9.88 Å².